The van der Waals surface area contributed by atoms with Gasteiger partial charge in [-0.15, -0.1) is 0 Å². The van der Waals surface area contributed by atoms with E-state index in [2.05, 4.69) is 17.4 Å². The number of anilines is 1. The lowest BCUT2D eigenvalue weighted by Gasteiger charge is -2.20. The van der Waals surface area contributed by atoms with Gasteiger partial charge in [0.15, 0.2) is 0 Å². The van der Waals surface area contributed by atoms with Crippen molar-refractivity contribution in [2.24, 2.45) is 0 Å². The number of methoxy groups -OCH3 is 1. The van der Waals surface area contributed by atoms with Crippen LogP contribution in [0.25, 0.3) is 0 Å². The lowest BCUT2D eigenvalue weighted by molar-refractivity contribution is -0.132. The van der Waals surface area contributed by atoms with Crippen LogP contribution in [0.15, 0.2) is 48.5 Å². The number of hydrogen-bond donors (Lipinski definition) is 1. The molecule has 1 aliphatic rings. The number of hydrogen-bond acceptors (Lipinski definition) is 4. The van der Waals surface area contributed by atoms with Gasteiger partial charge in [0.1, 0.15) is 19.0 Å². The van der Waals surface area contributed by atoms with E-state index < -0.39 is 0 Å². The number of amides is 2. The third kappa shape index (κ3) is 5.57. The monoisotopic (exact) mass is 382 g/mol. The first-order valence-corrected chi connectivity index (χ1v) is 9.52. The van der Waals surface area contributed by atoms with Crippen molar-refractivity contribution in [3.05, 3.63) is 59.7 Å². The van der Waals surface area contributed by atoms with Crippen LogP contribution in [0.4, 0.5) is 5.69 Å². The van der Waals surface area contributed by atoms with Crippen LogP contribution in [-0.4, -0.2) is 43.6 Å². The molecular weight excluding hydrogens is 356 g/mol. The van der Waals surface area contributed by atoms with Gasteiger partial charge in [-0.2, -0.15) is 0 Å². The second-order valence-electron chi connectivity index (χ2n) is 6.81. The average Bonchev–Trinajstić information content (AvgIpc) is 2.91. The number of carbonyl (C=O) groups is 2. The molecule has 0 aromatic heterocycles. The van der Waals surface area contributed by atoms with Crippen LogP contribution in [0.1, 0.15) is 24.0 Å². The van der Waals surface area contributed by atoms with Crippen molar-refractivity contribution in [2.75, 3.05) is 32.2 Å². The molecule has 0 spiro atoms. The van der Waals surface area contributed by atoms with Gasteiger partial charge in [0.25, 0.3) is 0 Å². The molecule has 0 aliphatic carbocycles. The Balaban J connectivity index is 1.59. The maximum atomic E-state index is 12.7. The molecule has 1 N–H and O–H groups in total. The average molecular weight is 382 g/mol. The zero-order chi connectivity index (χ0) is 19.8. The van der Waals surface area contributed by atoms with Crippen molar-refractivity contribution in [3.8, 4) is 5.75 Å². The van der Waals surface area contributed by atoms with E-state index in [1.807, 2.05) is 35.2 Å². The molecule has 3 rings (SSSR count). The predicted molar refractivity (Wildman–Crippen MR) is 107 cm³/mol. The normalized spacial score (nSPS) is 13.2. The molecule has 1 heterocycles. The maximum absolute atomic E-state index is 12.7. The fourth-order valence-electron chi connectivity index (χ4n) is 3.26. The van der Waals surface area contributed by atoms with Crippen molar-refractivity contribution < 1.29 is 19.1 Å². The van der Waals surface area contributed by atoms with Gasteiger partial charge in [-0.05, 0) is 36.6 Å². The summed E-state index contributed by atoms with van der Waals surface area (Å²) >= 11 is 0. The second-order valence-corrected chi connectivity index (χ2v) is 6.81. The molecule has 0 unspecified atom stereocenters. The molecular formula is C22H26N2O4. The van der Waals surface area contributed by atoms with E-state index in [9.17, 15) is 9.59 Å². The molecule has 2 aromatic rings. The van der Waals surface area contributed by atoms with Gasteiger partial charge in [-0.1, -0.05) is 30.3 Å². The number of ether oxygens (including phenoxy) is 2. The minimum absolute atomic E-state index is 0.000387. The van der Waals surface area contributed by atoms with Crippen LogP contribution < -0.4 is 10.1 Å². The van der Waals surface area contributed by atoms with Crippen molar-refractivity contribution in [2.45, 2.75) is 25.8 Å². The smallest absolute Gasteiger partial charge is 0.250 e. The molecule has 148 valence electrons. The lowest BCUT2D eigenvalue weighted by atomic mass is 10.1. The van der Waals surface area contributed by atoms with Crippen LogP contribution in [0.3, 0.4) is 0 Å². The first-order valence-electron chi connectivity index (χ1n) is 9.52. The fourth-order valence-corrected chi connectivity index (χ4v) is 3.26. The van der Waals surface area contributed by atoms with Crippen molar-refractivity contribution in [1.82, 2.24) is 4.90 Å². The minimum atomic E-state index is -0.217. The SMILES string of the molecule is COCC(=O)Nc1ccc2c(c1)CN(C(=O)CCCc1ccccc1)CCO2. The molecule has 1 aliphatic heterocycles. The largest absolute Gasteiger partial charge is 0.491 e. The number of carbonyl (C=O) groups excluding carboxylic acids is 2. The van der Waals surface area contributed by atoms with E-state index in [0.29, 0.717) is 31.8 Å². The van der Waals surface area contributed by atoms with E-state index in [1.54, 1.807) is 6.07 Å². The Labute approximate surface area is 165 Å². The van der Waals surface area contributed by atoms with Gasteiger partial charge in [-0.3, -0.25) is 9.59 Å². The molecule has 0 saturated heterocycles. The number of aryl methyl sites for hydroxylation is 1. The van der Waals surface area contributed by atoms with Gasteiger partial charge in [0.05, 0.1) is 6.54 Å². The number of nitrogens with zero attached hydrogens (tertiary/aromatic N) is 1. The van der Waals surface area contributed by atoms with Gasteiger partial charge in [-0.25, -0.2) is 0 Å². The summed E-state index contributed by atoms with van der Waals surface area (Å²) < 4.78 is 10.6. The quantitative estimate of drug-likeness (QED) is 0.799. The predicted octanol–water partition coefficient (Wildman–Crippen LogP) is 3.02. The van der Waals surface area contributed by atoms with Gasteiger partial charge < -0.3 is 19.7 Å². The third-order valence-corrected chi connectivity index (χ3v) is 4.65. The van der Waals surface area contributed by atoms with Crippen LogP contribution >= 0.6 is 0 Å². The van der Waals surface area contributed by atoms with Crippen LogP contribution in [0, 0.1) is 0 Å². The van der Waals surface area contributed by atoms with Crippen molar-refractivity contribution in [1.29, 1.82) is 0 Å². The molecule has 6 heteroatoms. The van der Waals surface area contributed by atoms with E-state index in [1.165, 1.54) is 12.7 Å². The number of fused-ring (bicyclic) bond motifs is 1. The fraction of sp³-hybridized carbons (Fsp3) is 0.364. The summed E-state index contributed by atoms with van der Waals surface area (Å²) in [5.74, 6) is 0.663. The third-order valence-electron chi connectivity index (χ3n) is 4.65. The van der Waals surface area contributed by atoms with Crippen LogP contribution in [0.2, 0.25) is 0 Å². The summed E-state index contributed by atoms with van der Waals surface area (Å²) in [6, 6.07) is 15.7. The molecule has 2 aromatic carbocycles. The zero-order valence-electron chi connectivity index (χ0n) is 16.1. The minimum Gasteiger partial charge on any atom is -0.491 e. The second kappa shape index (κ2) is 9.90. The topological polar surface area (TPSA) is 67.9 Å². The highest BCUT2D eigenvalue weighted by Crippen LogP contribution is 2.27. The lowest BCUT2D eigenvalue weighted by Crippen LogP contribution is -2.32. The van der Waals surface area contributed by atoms with Crippen LogP contribution in [-0.2, 0) is 27.3 Å². The summed E-state index contributed by atoms with van der Waals surface area (Å²) in [6.07, 6.45) is 2.22. The number of nitrogens with one attached hydrogen (secondary N) is 1. The Hall–Kier alpha value is -2.86. The Morgan fingerprint density at radius 2 is 2.00 bits per heavy atom. The first kappa shape index (κ1) is 19.9. The van der Waals surface area contributed by atoms with Gasteiger partial charge >= 0.3 is 0 Å². The Kier molecular flexibility index (Phi) is 7.03. The van der Waals surface area contributed by atoms with E-state index in [-0.39, 0.29) is 18.4 Å². The Morgan fingerprint density at radius 3 is 2.79 bits per heavy atom. The standard InChI is InChI=1S/C22H26N2O4/c1-27-16-21(25)23-19-10-11-20-18(14-19)15-24(12-13-28-20)22(26)9-5-8-17-6-3-2-4-7-17/h2-4,6-7,10-11,14H,5,8-9,12-13,15-16H2,1H3,(H,23,25). The van der Waals surface area contributed by atoms with E-state index in [4.69, 9.17) is 9.47 Å². The molecule has 0 radical (unpaired) electrons. The molecule has 28 heavy (non-hydrogen) atoms. The summed E-state index contributed by atoms with van der Waals surface area (Å²) in [4.78, 5) is 26.2. The molecule has 0 atom stereocenters. The van der Waals surface area contributed by atoms with E-state index in [0.717, 1.165) is 24.2 Å². The summed E-state index contributed by atoms with van der Waals surface area (Å²) in [5, 5.41) is 2.79. The molecule has 2 amide bonds. The highest BCUT2D eigenvalue weighted by molar-refractivity contribution is 5.91. The van der Waals surface area contributed by atoms with E-state index >= 15 is 0 Å². The van der Waals surface area contributed by atoms with Gasteiger partial charge in [0.2, 0.25) is 11.8 Å². The summed E-state index contributed by atoms with van der Waals surface area (Å²) in [7, 11) is 1.48. The molecule has 6 nitrogen and oxygen atoms in total. The zero-order valence-corrected chi connectivity index (χ0v) is 16.1. The number of benzene rings is 2. The molecule has 0 fully saturated rings. The molecule has 0 bridgehead atoms. The van der Waals surface area contributed by atoms with Crippen molar-refractivity contribution in [3.63, 3.8) is 0 Å². The maximum Gasteiger partial charge on any atom is 0.250 e. The van der Waals surface area contributed by atoms with Gasteiger partial charge in [0, 0.05) is 31.3 Å². The summed E-state index contributed by atoms with van der Waals surface area (Å²) in [5.41, 5.74) is 2.81. The Bertz CT molecular complexity index is 807. The molecule has 0 saturated carbocycles. The van der Waals surface area contributed by atoms with Crippen LogP contribution in [0.5, 0.6) is 5.75 Å². The number of rotatable bonds is 7. The Morgan fingerprint density at radius 1 is 1.18 bits per heavy atom. The van der Waals surface area contributed by atoms with Crippen molar-refractivity contribution >= 4 is 17.5 Å². The highest BCUT2D eigenvalue weighted by Gasteiger charge is 2.20. The first-order chi connectivity index (χ1) is 13.7. The summed E-state index contributed by atoms with van der Waals surface area (Å²) in [6.45, 7) is 1.50. The highest BCUT2D eigenvalue weighted by atomic mass is 16.5.